The minimum atomic E-state index is 0.701. The third kappa shape index (κ3) is 2.39. The van der Waals surface area contributed by atoms with Crippen LogP contribution >= 0.6 is 11.3 Å². The van der Waals surface area contributed by atoms with Crippen LogP contribution in [0.15, 0.2) is 60.8 Å². The zero-order chi connectivity index (χ0) is 16.5. The van der Waals surface area contributed by atoms with E-state index < -0.39 is 0 Å². The van der Waals surface area contributed by atoms with Gasteiger partial charge in [-0.05, 0) is 18.2 Å². The van der Waals surface area contributed by atoms with Gasteiger partial charge in [0.25, 0.3) is 0 Å². The molecule has 0 spiro atoms. The molecule has 0 aliphatic rings. The number of thiophene rings is 1. The highest BCUT2D eigenvalue weighted by atomic mass is 32.1. The van der Waals surface area contributed by atoms with E-state index in [1.54, 1.807) is 7.11 Å². The maximum Gasteiger partial charge on any atom is 0.160 e. The second-order valence-electron chi connectivity index (χ2n) is 5.29. The van der Waals surface area contributed by atoms with Gasteiger partial charge in [-0.15, -0.1) is 11.3 Å². The molecule has 1 aromatic carbocycles. The molecule has 4 rings (SSSR count). The average molecular weight is 334 g/mol. The Morgan fingerprint density at radius 1 is 1.12 bits per heavy atom. The number of aldehydes is 1. The number of rotatable bonds is 4. The molecule has 4 nitrogen and oxygen atoms in total. The third-order valence-electron chi connectivity index (χ3n) is 3.86. The summed E-state index contributed by atoms with van der Waals surface area (Å²) in [5.74, 6) is 0.762. The molecule has 3 heterocycles. The van der Waals surface area contributed by atoms with Gasteiger partial charge in [0.2, 0.25) is 0 Å². The molecule has 3 aromatic heterocycles. The van der Waals surface area contributed by atoms with Crippen molar-refractivity contribution in [2.45, 2.75) is 0 Å². The molecule has 0 aliphatic carbocycles. The van der Waals surface area contributed by atoms with Crippen LogP contribution in [-0.2, 0) is 0 Å². The first-order valence-corrected chi connectivity index (χ1v) is 8.28. The first kappa shape index (κ1) is 14.7. The maximum absolute atomic E-state index is 11.1. The summed E-state index contributed by atoms with van der Waals surface area (Å²) in [4.78, 5) is 17.6. The molecule has 0 fully saturated rings. The number of imidazole rings is 1. The molecule has 0 saturated heterocycles. The lowest BCUT2D eigenvalue weighted by Gasteiger charge is -2.04. The van der Waals surface area contributed by atoms with Crippen LogP contribution in [0.25, 0.3) is 27.5 Å². The van der Waals surface area contributed by atoms with Crippen LogP contribution in [-0.4, -0.2) is 22.8 Å². The first-order valence-electron chi connectivity index (χ1n) is 7.47. The van der Waals surface area contributed by atoms with Gasteiger partial charge in [0.1, 0.15) is 11.4 Å². The Labute approximate surface area is 143 Å². The fourth-order valence-electron chi connectivity index (χ4n) is 2.73. The van der Waals surface area contributed by atoms with Crippen LogP contribution in [0.4, 0.5) is 0 Å². The SMILES string of the molecule is COc1ccn2c(-c3ccc(C=O)s3)c(-c3ccccc3)nc2c1. The lowest BCUT2D eigenvalue weighted by atomic mass is 10.1. The average Bonchev–Trinajstić information content (AvgIpc) is 3.25. The van der Waals surface area contributed by atoms with Crippen molar-refractivity contribution in [1.29, 1.82) is 0 Å². The molecular weight excluding hydrogens is 320 g/mol. The Hall–Kier alpha value is -2.92. The van der Waals surface area contributed by atoms with Crippen LogP contribution in [0.2, 0.25) is 0 Å². The number of ether oxygens (including phenoxy) is 1. The quantitative estimate of drug-likeness (QED) is 0.514. The van der Waals surface area contributed by atoms with Crippen molar-refractivity contribution in [3.05, 3.63) is 65.7 Å². The van der Waals surface area contributed by atoms with Gasteiger partial charge in [-0.1, -0.05) is 30.3 Å². The minimum Gasteiger partial charge on any atom is -0.497 e. The molecule has 0 bridgehead atoms. The zero-order valence-electron chi connectivity index (χ0n) is 13.0. The van der Waals surface area contributed by atoms with E-state index in [4.69, 9.17) is 9.72 Å². The largest absolute Gasteiger partial charge is 0.497 e. The molecule has 0 aliphatic heterocycles. The third-order valence-corrected chi connectivity index (χ3v) is 4.87. The van der Waals surface area contributed by atoms with Crippen LogP contribution in [0.3, 0.4) is 0 Å². The van der Waals surface area contributed by atoms with Crippen molar-refractivity contribution in [1.82, 2.24) is 9.38 Å². The summed E-state index contributed by atoms with van der Waals surface area (Å²) in [5.41, 5.74) is 3.72. The summed E-state index contributed by atoms with van der Waals surface area (Å²) < 4.78 is 7.34. The highest BCUT2D eigenvalue weighted by Gasteiger charge is 2.17. The highest BCUT2D eigenvalue weighted by Crippen LogP contribution is 2.36. The van der Waals surface area contributed by atoms with E-state index in [9.17, 15) is 4.79 Å². The zero-order valence-corrected chi connectivity index (χ0v) is 13.8. The molecular formula is C19H14N2O2S. The molecule has 0 amide bonds. The lowest BCUT2D eigenvalue weighted by molar-refractivity contribution is 0.112. The molecule has 0 atom stereocenters. The number of carbonyl (C=O) groups excluding carboxylic acids is 1. The van der Waals surface area contributed by atoms with Crippen molar-refractivity contribution in [3.8, 4) is 27.6 Å². The van der Waals surface area contributed by atoms with Crippen molar-refractivity contribution >= 4 is 23.3 Å². The van der Waals surface area contributed by atoms with Gasteiger partial charge < -0.3 is 4.74 Å². The summed E-state index contributed by atoms with van der Waals surface area (Å²) in [6, 6.07) is 17.7. The monoisotopic (exact) mass is 334 g/mol. The van der Waals surface area contributed by atoms with E-state index in [-0.39, 0.29) is 0 Å². The lowest BCUT2D eigenvalue weighted by Crippen LogP contribution is -1.89. The summed E-state index contributed by atoms with van der Waals surface area (Å²) >= 11 is 1.46. The van der Waals surface area contributed by atoms with Gasteiger partial charge in [0.15, 0.2) is 6.29 Å². The molecule has 0 unspecified atom stereocenters. The Balaban J connectivity index is 2.02. The summed E-state index contributed by atoms with van der Waals surface area (Å²) in [6.45, 7) is 0. The topological polar surface area (TPSA) is 43.6 Å². The van der Waals surface area contributed by atoms with E-state index >= 15 is 0 Å². The van der Waals surface area contributed by atoms with Crippen molar-refractivity contribution in [2.75, 3.05) is 7.11 Å². The van der Waals surface area contributed by atoms with E-state index in [0.29, 0.717) is 4.88 Å². The smallest absolute Gasteiger partial charge is 0.160 e. The van der Waals surface area contributed by atoms with Crippen LogP contribution < -0.4 is 4.74 Å². The second-order valence-corrected chi connectivity index (χ2v) is 6.41. The molecule has 0 N–H and O–H groups in total. The second kappa shape index (κ2) is 5.94. The number of methoxy groups -OCH3 is 1. The highest BCUT2D eigenvalue weighted by molar-refractivity contribution is 7.17. The number of nitrogens with zero attached hydrogens (tertiary/aromatic N) is 2. The van der Waals surface area contributed by atoms with Gasteiger partial charge in [-0.3, -0.25) is 9.20 Å². The normalized spacial score (nSPS) is 10.9. The number of fused-ring (bicyclic) bond motifs is 1. The van der Waals surface area contributed by atoms with Crippen LogP contribution in [0.1, 0.15) is 9.67 Å². The predicted molar refractivity (Wildman–Crippen MR) is 95.9 cm³/mol. The van der Waals surface area contributed by atoms with E-state index in [0.717, 1.165) is 39.5 Å². The predicted octanol–water partition coefficient (Wildman–Crippen LogP) is 4.55. The molecule has 5 heteroatoms. The Morgan fingerprint density at radius 2 is 1.96 bits per heavy atom. The Morgan fingerprint density at radius 3 is 2.67 bits per heavy atom. The fourth-order valence-corrected chi connectivity index (χ4v) is 3.60. The number of aromatic nitrogens is 2. The summed E-state index contributed by atoms with van der Waals surface area (Å²) in [7, 11) is 1.64. The van der Waals surface area contributed by atoms with Crippen molar-refractivity contribution in [3.63, 3.8) is 0 Å². The Bertz CT molecular complexity index is 1020. The van der Waals surface area contributed by atoms with Gasteiger partial charge in [0, 0.05) is 17.8 Å². The molecule has 24 heavy (non-hydrogen) atoms. The van der Waals surface area contributed by atoms with E-state index in [1.807, 2.05) is 65.2 Å². The van der Waals surface area contributed by atoms with Crippen LogP contribution in [0.5, 0.6) is 5.75 Å². The fraction of sp³-hybridized carbons (Fsp3) is 0.0526. The van der Waals surface area contributed by atoms with Crippen LogP contribution in [0, 0.1) is 0 Å². The number of hydrogen-bond acceptors (Lipinski definition) is 4. The minimum absolute atomic E-state index is 0.701. The van der Waals surface area contributed by atoms with Gasteiger partial charge in [0.05, 0.1) is 28.3 Å². The van der Waals surface area contributed by atoms with Gasteiger partial charge >= 0.3 is 0 Å². The summed E-state index contributed by atoms with van der Waals surface area (Å²) in [5, 5.41) is 0. The molecule has 118 valence electrons. The van der Waals surface area contributed by atoms with E-state index in [2.05, 4.69) is 0 Å². The number of benzene rings is 1. The standard InChI is InChI=1S/C19H14N2O2S/c1-23-14-9-10-21-17(11-14)20-18(13-5-3-2-4-6-13)19(21)16-8-7-15(12-22)24-16/h2-12H,1H3. The van der Waals surface area contributed by atoms with Crippen molar-refractivity contribution < 1.29 is 9.53 Å². The van der Waals surface area contributed by atoms with Gasteiger partial charge in [-0.2, -0.15) is 0 Å². The summed E-state index contributed by atoms with van der Waals surface area (Å²) in [6.07, 6.45) is 2.83. The van der Waals surface area contributed by atoms with Gasteiger partial charge in [-0.25, -0.2) is 4.98 Å². The number of pyridine rings is 1. The Kier molecular flexibility index (Phi) is 3.63. The first-order chi connectivity index (χ1) is 11.8. The molecule has 0 radical (unpaired) electrons. The maximum atomic E-state index is 11.1. The number of hydrogen-bond donors (Lipinski definition) is 0. The molecule has 4 aromatic rings. The van der Waals surface area contributed by atoms with E-state index in [1.165, 1.54) is 11.3 Å². The van der Waals surface area contributed by atoms with Crippen molar-refractivity contribution in [2.24, 2.45) is 0 Å². The number of carbonyl (C=O) groups is 1. The molecule has 0 saturated carbocycles.